The van der Waals surface area contributed by atoms with Crippen LogP contribution in [0.2, 0.25) is 0 Å². The largest absolute Gasteiger partial charge is 0.497 e. The molecule has 0 unspecified atom stereocenters. The highest BCUT2D eigenvalue weighted by Crippen LogP contribution is 2.39. The topological polar surface area (TPSA) is 39.2 Å². The van der Waals surface area contributed by atoms with Crippen molar-refractivity contribution in [1.29, 1.82) is 0 Å². The molecule has 2 aromatic rings. The molecule has 2 atom stereocenters. The van der Waals surface area contributed by atoms with Crippen LogP contribution in [0.5, 0.6) is 5.75 Å². The Bertz CT molecular complexity index is 835. The molecule has 0 radical (unpaired) electrons. The number of β-amino-alcohol motifs (C(OH)–C–C–N with tert-alkyl or cyclic N) is 1. The van der Waals surface area contributed by atoms with Gasteiger partial charge >= 0.3 is 0 Å². The van der Waals surface area contributed by atoms with Crippen molar-refractivity contribution >= 4 is 0 Å². The van der Waals surface area contributed by atoms with E-state index < -0.39 is 0 Å². The Hall–Kier alpha value is -1.92. The van der Waals surface area contributed by atoms with Gasteiger partial charge in [-0.3, -0.25) is 14.7 Å². The Labute approximate surface area is 179 Å². The van der Waals surface area contributed by atoms with Crippen molar-refractivity contribution in [3.63, 3.8) is 0 Å². The summed E-state index contributed by atoms with van der Waals surface area (Å²) in [5, 5.41) is 10.4. The second kappa shape index (κ2) is 8.31. The normalized spacial score (nSPS) is 26.5. The van der Waals surface area contributed by atoms with Gasteiger partial charge in [0.15, 0.2) is 0 Å². The van der Waals surface area contributed by atoms with Gasteiger partial charge in [-0.15, -0.1) is 0 Å². The molecule has 0 amide bonds. The molecule has 1 N–H and O–H groups in total. The molecular formula is C25H33N3O2. The van der Waals surface area contributed by atoms with Gasteiger partial charge in [-0.1, -0.05) is 42.5 Å². The molecule has 5 heteroatoms. The number of hydrogen-bond acceptors (Lipinski definition) is 5. The molecule has 0 saturated carbocycles. The van der Waals surface area contributed by atoms with Crippen LogP contribution in [0, 0.1) is 0 Å². The summed E-state index contributed by atoms with van der Waals surface area (Å²) < 4.78 is 5.28. The van der Waals surface area contributed by atoms with Gasteiger partial charge < -0.3 is 9.84 Å². The molecule has 160 valence electrons. The van der Waals surface area contributed by atoms with Gasteiger partial charge in [-0.05, 0) is 36.1 Å². The maximum Gasteiger partial charge on any atom is 0.118 e. The molecule has 3 saturated heterocycles. The summed E-state index contributed by atoms with van der Waals surface area (Å²) in [6.07, 6.45) is 1.85. The Balaban J connectivity index is 1.23. The highest BCUT2D eigenvalue weighted by molar-refractivity contribution is 5.27. The van der Waals surface area contributed by atoms with Crippen LogP contribution in [0.25, 0.3) is 0 Å². The molecular weight excluding hydrogens is 374 g/mol. The first-order valence-corrected chi connectivity index (χ1v) is 11.2. The summed E-state index contributed by atoms with van der Waals surface area (Å²) in [7, 11) is 1.71. The number of aliphatic hydroxyl groups excluding tert-OH is 1. The second-order valence-corrected chi connectivity index (χ2v) is 9.38. The number of aliphatic hydroxyl groups is 1. The molecule has 3 aliphatic heterocycles. The lowest BCUT2D eigenvalue weighted by Crippen LogP contribution is -2.77. The quantitative estimate of drug-likeness (QED) is 0.795. The zero-order valence-corrected chi connectivity index (χ0v) is 17.9. The summed E-state index contributed by atoms with van der Waals surface area (Å²) in [4.78, 5) is 7.84. The van der Waals surface area contributed by atoms with Crippen LogP contribution in [-0.4, -0.2) is 83.9 Å². The van der Waals surface area contributed by atoms with E-state index in [1.54, 1.807) is 7.11 Å². The summed E-state index contributed by atoms with van der Waals surface area (Å²) >= 11 is 0. The third kappa shape index (κ3) is 4.00. The summed E-state index contributed by atoms with van der Waals surface area (Å²) in [5.74, 6) is 0.911. The lowest BCUT2D eigenvalue weighted by molar-refractivity contribution is -0.116. The van der Waals surface area contributed by atoms with Gasteiger partial charge in [-0.25, -0.2) is 0 Å². The van der Waals surface area contributed by atoms with Crippen molar-refractivity contribution in [3.05, 3.63) is 65.7 Å². The second-order valence-electron chi connectivity index (χ2n) is 9.38. The van der Waals surface area contributed by atoms with E-state index in [0.717, 1.165) is 64.4 Å². The zero-order chi connectivity index (χ0) is 20.6. The summed E-state index contributed by atoms with van der Waals surface area (Å²) in [5.41, 5.74) is 2.94. The predicted molar refractivity (Wildman–Crippen MR) is 119 cm³/mol. The fraction of sp³-hybridized carbons (Fsp3) is 0.520. The number of likely N-dealkylation sites (tertiary alicyclic amines) is 1. The minimum atomic E-state index is -0.170. The molecule has 0 aromatic heterocycles. The van der Waals surface area contributed by atoms with Gasteiger partial charge in [0.2, 0.25) is 0 Å². The average Bonchev–Trinajstić information content (AvgIpc) is 3.13. The Morgan fingerprint density at radius 2 is 1.67 bits per heavy atom. The third-order valence-electron chi connectivity index (χ3n) is 7.15. The smallest absolute Gasteiger partial charge is 0.118 e. The van der Waals surface area contributed by atoms with Gasteiger partial charge in [0.05, 0.1) is 18.8 Å². The maximum atomic E-state index is 10.4. The van der Waals surface area contributed by atoms with E-state index >= 15 is 0 Å². The molecule has 5 nitrogen and oxygen atoms in total. The van der Waals surface area contributed by atoms with E-state index in [4.69, 9.17) is 4.74 Å². The van der Waals surface area contributed by atoms with E-state index in [2.05, 4.69) is 57.2 Å². The number of piperazine rings is 1. The molecule has 1 spiro atoms. The van der Waals surface area contributed by atoms with Crippen molar-refractivity contribution in [2.75, 3.05) is 46.4 Å². The average molecular weight is 408 g/mol. The van der Waals surface area contributed by atoms with Crippen molar-refractivity contribution in [1.82, 2.24) is 14.7 Å². The van der Waals surface area contributed by atoms with E-state index in [0.29, 0.717) is 6.04 Å². The van der Waals surface area contributed by atoms with Crippen LogP contribution in [0.1, 0.15) is 17.5 Å². The maximum absolute atomic E-state index is 10.4. The van der Waals surface area contributed by atoms with Crippen molar-refractivity contribution in [2.45, 2.75) is 37.1 Å². The fourth-order valence-corrected chi connectivity index (χ4v) is 5.79. The fourth-order valence-electron chi connectivity index (χ4n) is 5.79. The molecule has 3 aliphatic rings. The van der Waals surface area contributed by atoms with E-state index in [1.807, 2.05) is 12.1 Å². The molecule has 3 heterocycles. The van der Waals surface area contributed by atoms with Crippen LogP contribution in [0.15, 0.2) is 54.6 Å². The molecule has 5 rings (SSSR count). The number of nitrogens with zero attached hydrogens (tertiary/aromatic N) is 3. The molecule has 3 fully saturated rings. The van der Waals surface area contributed by atoms with E-state index in [-0.39, 0.29) is 11.6 Å². The minimum absolute atomic E-state index is 0.170. The van der Waals surface area contributed by atoms with Crippen molar-refractivity contribution < 1.29 is 9.84 Å². The third-order valence-corrected chi connectivity index (χ3v) is 7.15. The number of fused-ring (bicyclic) bond motifs is 2. The predicted octanol–water partition coefficient (Wildman–Crippen LogP) is 2.24. The van der Waals surface area contributed by atoms with Crippen molar-refractivity contribution in [3.8, 4) is 5.75 Å². The number of benzene rings is 2. The van der Waals surface area contributed by atoms with E-state index in [9.17, 15) is 5.11 Å². The first kappa shape index (κ1) is 20.0. The van der Waals surface area contributed by atoms with Crippen LogP contribution in [-0.2, 0) is 13.0 Å². The number of methoxy groups -OCH3 is 1. The first-order chi connectivity index (χ1) is 14.6. The van der Waals surface area contributed by atoms with Crippen LogP contribution in [0.4, 0.5) is 0 Å². The van der Waals surface area contributed by atoms with Gasteiger partial charge in [0.25, 0.3) is 0 Å². The van der Waals surface area contributed by atoms with Crippen LogP contribution >= 0.6 is 0 Å². The molecule has 0 aliphatic carbocycles. The lowest BCUT2D eigenvalue weighted by atomic mass is 9.83. The molecule has 2 aromatic carbocycles. The standard InChI is InChI=1S/C25H33N3O2/c1-30-24-9-7-21(8-10-24)14-27-18-25(19-27)17-26(12-11-20-5-3-2-4-6-20)15-22-13-23(29)16-28(22)25/h2-10,22-23,29H,11-19H2,1H3/t22-,23-/m1/s1. The SMILES string of the molecule is COc1ccc(CN2CC3(CN(CCc4ccccc4)C[C@H]4C[C@@H](O)CN43)C2)cc1. The Morgan fingerprint density at radius 1 is 0.933 bits per heavy atom. The highest BCUT2D eigenvalue weighted by atomic mass is 16.5. The summed E-state index contributed by atoms with van der Waals surface area (Å²) in [6, 6.07) is 19.7. The number of hydrogen-bond donors (Lipinski definition) is 1. The van der Waals surface area contributed by atoms with E-state index in [1.165, 1.54) is 11.1 Å². The zero-order valence-electron chi connectivity index (χ0n) is 17.9. The molecule has 0 bridgehead atoms. The van der Waals surface area contributed by atoms with Crippen LogP contribution < -0.4 is 4.74 Å². The summed E-state index contributed by atoms with van der Waals surface area (Å²) in [6.45, 7) is 7.30. The monoisotopic (exact) mass is 407 g/mol. The van der Waals surface area contributed by atoms with Gasteiger partial charge in [0, 0.05) is 51.9 Å². The minimum Gasteiger partial charge on any atom is -0.497 e. The van der Waals surface area contributed by atoms with Crippen LogP contribution in [0.3, 0.4) is 0 Å². The van der Waals surface area contributed by atoms with Gasteiger partial charge in [0.1, 0.15) is 5.75 Å². The highest BCUT2D eigenvalue weighted by Gasteiger charge is 2.55. The Kier molecular flexibility index (Phi) is 5.54. The first-order valence-electron chi connectivity index (χ1n) is 11.2. The Morgan fingerprint density at radius 3 is 2.40 bits per heavy atom. The van der Waals surface area contributed by atoms with Crippen molar-refractivity contribution in [2.24, 2.45) is 0 Å². The lowest BCUT2D eigenvalue weighted by Gasteiger charge is -2.61. The number of rotatable bonds is 6. The number of ether oxygens (including phenoxy) is 1. The molecule has 30 heavy (non-hydrogen) atoms. The van der Waals surface area contributed by atoms with Gasteiger partial charge in [-0.2, -0.15) is 0 Å².